The normalized spacial score (nSPS) is 11.0. The summed E-state index contributed by atoms with van der Waals surface area (Å²) < 4.78 is 0. The maximum atomic E-state index is 11.5. The van der Waals surface area contributed by atoms with E-state index in [1.807, 2.05) is 0 Å². The Kier molecular flexibility index (Phi) is 5.06. The third-order valence-electron chi connectivity index (χ3n) is 1.91. The van der Waals surface area contributed by atoms with Crippen molar-refractivity contribution in [3.8, 4) is 0 Å². The molecule has 0 heterocycles. The molecular weight excluding hydrogens is 214 g/mol. The molecule has 0 aliphatic heterocycles. The second kappa shape index (κ2) is 5.57. The van der Waals surface area contributed by atoms with Crippen LogP contribution >= 0.6 is 0 Å². The van der Waals surface area contributed by atoms with Gasteiger partial charge in [-0.1, -0.05) is 0 Å². The molecular formula is C9H17N3O4. The minimum Gasteiger partial charge on any atom is -0.480 e. The molecule has 0 aromatic heterocycles. The van der Waals surface area contributed by atoms with Crippen molar-refractivity contribution in [1.82, 2.24) is 4.90 Å². The molecule has 0 fully saturated rings. The maximum Gasteiger partial charge on any atom is 0.323 e. The predicted molar refractivity (Wildman–Crippen MR) is 56.5 cm³/mol. The van der Waals surface area contributed by atoms with E-state index in [-0.39, 0.29) is 13.1 Å². The molecule has 0 saturated carbocycles. The van der Waals surface area contributed by atoms with E-state index in [2.05, 4.69) is 0 Å². The molecule has 0 atom stereocenters. The van der Waals surface area contributed by atoms with Crippen molar-refractivity contribution in [2.45, 2.75) is 19.4 Å². The van der Waals surface area contributed by atoms with Gasteiger partial charge in [0.1, 0.15) is 6.54 Å². The average Bonchev–Trinajstić information content (AvgIpc) is 2.13. The van der Waals surface area contributed by atoms with Gasteiger partial charge >= 0.3 is 5.97 Å². The van der Waals surface area contributed by atoms with Gasteiger partial charge in [-0.25, -0.2) is 0 Å². The maximum absolute atomic E-state index is 11.5. The summed E-state index contributed by atoms with van der Waals surface area (Å²) in [5.74, 6) is -2.22. The molecule has 7 heteroatoms. The predicted octanol–water partition coefficient (Wildman–Crippen LogP) is -1.84. The number of nitrogens with two attached hydrogens (primary N) is 2. The highest BCUT2D eigenvalue weighted by molar-refractivity contribution is 5.93. The number of carboxylic acids is 1. The van der Waals surface area contributed by atoms with Crippen LogP contribution in [0.5, 0.6) is 0 Å². The van der Waals surface area contributed by atoms with E-state index in [4.69, 9.17) is 16.6 Å². The van der Waals surface area contributed by atoms with E-state index in [0.717, 1.165) is 4.90 Å². The summed E-state index contributed by atoms with van der Waals surface area (Å²) >= 11 is 0. The Morgan fingerprint density at radius 2 is 1.75 bits per heavy atom. The van der Waals surface area contributed by atoms with E-state index in [9.17, 15) is 14.4 Å². The Hall–Kier alpha value is -1.47. The van der Waals surface area contributed by atoms with E-state index in [1.54, 1.807) is 0 Å². The zero-order valence-electron chi connectivity index (χ0n) is 9.40. The quantitative estimate of drug-likeness (QED) is 0.493. The molecule has 0 aliphatic rings. The Balaban J connectivity index is 4.61. The molecule has 0 rings (SSSR count). The van der Waals surface area contributed by atoms with Crippen LogP contribution in [0.4, 0.5) is 0 Å². The molecule has 0 bridgehead atoms. The molecule has 0 unspecified atom stereocenters. The Morgan fingerprint density at radius 3 is 2.06 bits per heavy atom. The molecule has 0 aliphatic carbocycles. The third-order valence-corrected chi connectivity index (χ3v) is 1.91. The first-order valence-corrected chi connectivity index (χ1v) is 4.70. The lowest BCUT2D eigenvalue weighted by molar-refractivity contribution is -0.145. The van der Waals surface area contributed by atoms with E-state index in [0.29, 0.717) is 0 Å². The molecule has 0 radical (unpaired) electrons. The van der Waals surface area contributed by atoms with Gasteiger partial charge in [-0.15, -0.1) is 0 Å². The topological polar surface area (TPSA) is 127 Å². The van der Waals surface area contributed by atoms with Gasteiger partial charge in [0.2, 0.25) is 5.91 Å². The molecule has 1 amide bonds. The number of carbonyl (C=O) groups is 3. The lowest BCUT2D eigenvalue weighted by Crippen LogP contribution is -2.50. The number of rotatable bonds is 6. The van der Waals surface area contributed by atoms with Crippen molar-refractivity contribution >= 4 is 17.7 Å². The number of aliphatic carboxylic acids is 1. The molecule has 0 aromatic carbocycles. The van der Waals surface area contributed by atoms with Crippen LogP contribution in [0.3, 0.4) is 0 Å². The van der Waals surface area contributed by atoms with Crippen molar-refractivity contribution in [1.29, 1.82) is 0 Å². The number of ketones is 1. The number of hydrogen-bond donors (Lipinski definition) is 3. The summed E-state index contributed by atoms with van der Waals surface area (Å²) in [7, 11) is 0. The van der Waals surface area contributed by atoms with Crippen molar-refractivity contribution < 1.29 is 19.5 Å². The molecule has 92 valence electrons. The van der Waals surface area contributed by atoms with Gasteiger partial charge < -0.3 is 21.5 Å². The van der Waals surface area contributed by atoms with E-state index >= 15 is 0 Å². The first-order chi connectivity index (χ1) is 7.18. The highest BCUT2D eigenvalue weighted by Gasteiger charge is 2.26. The Bertz CT molecular complexity index is 296. The summed E-state index contributed by atoms with van der Waals surface area (Å²) in [5, 5.41) is 8.57. The van der Waals surface area contributed by atoms with Gasteiger partial charge in [0.25, 0.3) is 0 Å². The first-order valence-electron chi connectivity index (χ1n) is 4.70. The number of Topliss-reactive ketones (excluding diaryl/α,β-unsaturated/α-hetero) is 1. The smallest absolute Gasteiger partial charge is 0.323 e. The molecule has 16 heavy (non-hydrogen) atoms. The fraction of sp³-hybridized carbons (Fsp3) is 0.667. The third kappa shape index (κ3) is 4.85. The zero-order chi connectivity index (χ0) is 12.9. The fourth-order valence-electron chi connectivity index (χ4n) is 0.902. The molecule has 0 spiro atoms. The Morgan fingerprint density at radius 1 is 1.25 bits per heavy atom. The minimum absolute atomic E-state index is 0.341. The van der Waals surface area contributed by atoms with Crippen LogP contribution in [0.15, 0.2) is 0 Å². The van der Waals surface area contributed by atoms with Gasteiger partial charge in [0.15, 0.2) is 5.78 Å². The van der Waals surface area contributed by atoms with Gasteiger partial charge in [0, 0.05) is 0 Å². The van der Waals surface area contributed by atoms with E-state index in [1.165, 1.54) is 13.8 Å². The first kappa shape index (κ1) is 14.5. The Labute approximate surface area is 93.4 Å². The molecule has 0 aromatic rings. The largest absolute Gasteiger partial charge is 0.480 e. The minimum atomic E-state index is -1.20. The van der Waals surface area contributed by atoms with Crippen LogP contribution in [-0.2, 0) is 14.4 Å². The van der Waals surface area contributed by atoms with Crippen LogP contribution in [0.2, 0.25) is 0 Å². The number of carboxylic acid groups (broad SMARTS) is 1. The van der Waals surface area contributed by atoms with Crippen molar-refractivity contribution in [3.05, 3.63) is 0 Å². The zero-order valence-corrected chi connectivity index (χ0v) is 9.40. The number of carbonyl (C=O) groups excluding carboxylic acids is 2. The van der Waals surface area contributed by atoms with Crippen LogP contribution in [-0.4, -0.2) is 52.8 Å². The number of hydrogen-bond acceptors (Lipinski definition) is 5. The van der Waals surface area contributed by atoms with Gasteiger partial charge in [-0.3, -0.25) is 14.4 Å². The van der Waals surface area contributed by atoms with Crippen LogP contribution in [0, 0.1) is 0 Å². The molecule has 0 saturated heterocycles. The summed E-state index contributed by atoms with van der Waals surface area (Å²) in [6.45, 7) is 1.73. The monoisotopic (exact) mass is 231 g/mol. The lowest BCUT2D eigenvalue weighted by atomic mass is 10.0. The lowest BCUT2D eigenvalue weighted by Gasteiger charge is -2.24. The SMILES string of the molecule is CC(C)(N)C(=O)CN(CC(=O)O)C(=O)CN. The van der Waals surface area contributed by atoms with E-state index < -0.39 is 29.7 Å². The number of amides is 1. The highest BCUT2D eigenvalue weighted by atomic mass is 16.4. The van der Waals surface area contributed by atoms with Crippen LogP contribution in [0.25, 0.3) is 0 Å². The van der Waals surface area contributed by atoms with Crippen molar-refractivity contribution in [2.24, 2.45) is 11.5 Å². The van der Waals surface area contributed by atoms with Crippen molar-refractivity contribution in [2.75, 3.05) is 19.6 Å². The van der Waals surface area contributed by atoms with Crippen LogP contribution < -0.4 is 11.5 Å². The fourth-order valence-corrected chi connectivity index (χ4v) is 0.902. The summed E-state index contributed by atoms with van der Waals surface area (Å²) in [6.07, 6.45) is 0. The second-order valence-corrected chi connectivity index (χ2v) is 3.99. The standard InChI is InChI=1S/C9H17N3O4/c1-9(2,11)6(13)4-12(5-8(15)16)7(14)3-10/h3-5,10-11H2,1-2H3,(H,15,16). The number of nitrogens with zero attached hydrogens (tertiary/aromatic N) is 1. The second-order valence-electron chi connectivity index (χ2n) is 3.99. The molecule has 7 nitrogen and oxygen atoms in total. The highest BCUT2D eigenvalue weighted by Crippen LogP contribution is 2.01. The van der Waals surface area contributed by atoms with Crippen molar-refractivity contribution in [3.63, 3.8) is 0 Å². The van der Waals surface area contributed by atoms with Gasteiger partial charge in [-0.2, -0.15) is 0 Å². The average molecular weight is 231 g/mol. The summed E-state index contributed by atoms with van der Waals surface area (Å²) in [5.41, 5.74) is 9.53. The molecule has 5 N–H and O–H groups in total. The summed E-state index contributed by atoms with van der Waals surface area (Å²) in [4.78, 5) is 34.1. The summed E-state index contributed by atoms with van der Waals surface area (Å²) in [6, 6.07) is 0. The van der Waals surface area contributed by atoms with Gasteiger partial charge in [0.05, 0.1) is 18.6 Å². The van der Waals surface area contributed by atoms with Crippen LogP contribution in [0.1, 0.15) is 13.8 Å². The van der Waals surface area contributed by atoms with Gasteiger partial charge in [-0.05, 0) is 13.8 Å².